The van der Waals surface area contributed by atoms with Gasteiger partial charge < -0.3 is 19.9 Å². The number of carbonyl (C=O) groups excluding carboxylic acids is 2. The Balaban J connectivity index is 1.50. The topological polar surface area (TPSA) is 98.1 Å². The third kappa shape index (κ3) is 6.58. The molecule has 2 aromatic carbocycles. The van der Waals surface area contributed by atoms with Crippen LogP contribution in [-0.2, 0) is 29.1 Å². The van der Waals surface area contributed by atoms with E-state index in [9.17, 15) is 9.59 Å². The Labute approximate surface area is 191 Å². The molecular weight excluding hydrogens is 426 g/mol. The van der Waals surface area contributed by atoms with Gasteiger partial charge in [0.25, 0.3) is 0 Å². The number of hydrogen-bond acceptors (Lipinski definition) is 6. The molecule has 0 saturated heterocycles. The van der Waals surface area contributed by atoms with Crippen molar-refractivity contribution in [1.82, 2.24) is 20.1 Å². The molecule has 1 aromatic heterocycles. The first-order valence-electron chi connectivity index (χ1n) is 10.3. The molecule has 168 valence electrons. The number of ether oxygens (including phenoxy) is 1. The minimum Gasteiger partial charge on any atom is -0.497 e. The predicted molar refractivity (Wildman–Crippen MR) is 125 cm³/mol. The van der Waals surface area contributed by atoms with E-state index in [4.69, 9.17) is 4.74 Å². The minimum atomic E-state index is -0.162. The molecule has 0 fully saturated rings. The molecule has 0 spiro atoms. The second-order valence-electron chi connectivity index (χ2n) is 7.15. The summed E-state index contributed by atoms with van der Waals surface area (Å²) in [6.45, 7) is 5.00. The van der Waals surface area contributed by atoms with E-state index in [2.05, 4.69) is 20.8 Å². The van der Waals surface area contributed by atoms with Gasteiger partial charge in [0.1, 0.15) is 11.6 Å². The van der Waals surface area contributed by atoms with Crippen LogP contribution in [0.3, 0.4) is 0 Å². The maximum absolute atomic E-state index is 12.4. The molecule has 0 radical (unpaired) electrons. The number of anilines is 1. The number of aryl methyl sites for hydroxylation is 1. The van der Waals surface area contributed by atoms with Gasteiger partial charge in [-0.25, -0.2) is 0 Å². The SMILES string of the molecule is CCn1c(CC(=O)Nc2ccc(C)cc2)nnc1SCC(=O)NCc1ccc(OC)cc1. The van der Waals surface area contributed by atoms with E-state index >= 15 is 0 Å². The highest BCUT2D eigenvalue weighted by Crippen LogP contribution is 2.18. The van der Waals surface area contributed by atoms with Gasteiger partial charge in [-0.3, -0.25) is 9.59 Å². The first-order valence-corrected chi connectivity index (χ1v) is 11.3. The number of benzene rings is 2. The van der Waals surface area contributed by atoms with Crippen molar-refractivity contribution >= 4 is 29.3 Å². The van der Waals surface area contributed by atoms with Crippen LogP contribution < -0.4 is 15.4 Å². The van der Waals surface area contributed by atoms with Gasteiger partial charge in [0.05, 0.1) is 19.3 Å². The van der Waals surface area contributed by atoms with Gasteiger partial charge in [0.2, 0.25) is 11.8 Å². The lowest BCUT2D eigenvalue weighted by Gasteiger charge is -2.09. The summed E-state index contributed by atoms with van der Waals surface area (Å²) in [6, 6.07) is 15.2. The van der Waals surface area contributed by atoms with Crippen LogP contribution in [0.15, 0.2) is 53.7 Å². The molecule has 0 atom stereocenters. The largest absolute Gasteiger partial charge is 0.497 e. The molecule has 0 aliphatic carbocycles. The smallest absolute Gasteiger partial charge is 0.232 e. The minimum absolute atomic E-state index is 0.102. The fraction of sp³-hybridized carbons (Fsp3) is 0.304. The van der Waals surface area contributed by atoms with E-state index in [-0.39, 0.29) is 24.0 Å². The Hall–Kier alpha value is -3.33. The number of nitrogens with zero attached hydrogens (tertiary/aromatic N) is 3. The molecule has 8 nitrogen and oxygen atoms in total. The molecule has 0 saturated carbocycles. The molecule has 2 N–H and O–H groups in total. The first-order chi connectivity index (χ1) is 15.5. The van der Waals surface area contributed by atoms with Crippen molar-refractivity contribution in [1.29, 1.82) is 0 Å². The van der Waals surface area contributed by atoms with E-state index in [1.165, 1.54) is 11.8 Å². The van der Waals surface area contributed by atoms with Crippen molar-refractivity contribution in [2.24, 2.45) is 0 Å². The van der Waals surface area contributed by atoms with Crippen molar-refractivity contribution in [2.75, 3.05) is 18.2 Å². The van der Waals surface area contributed by atoms with E-state index in [0.29, 0.717) is 24.1 Å². The van der Waals surface area contributed by atoms with Gasteiger partial charge in [-0.05, 0) is 43.7 Å². The van der Waals surface area contributed by atoms with Gasteiger partial charge in [0, 0.05) is 18.8 Å². The number of carbonyl (C=O) groups is 2. The Morgan fingerprint density at radius 2 is 1.75 bits per heavy atom. The monoisotopic (exact) mass is 453 g/mol. The molecule has 0 aliphatic heterocycles. The summed E-state index contributed by atoms with van der Waals surface area (Å²) >= 11 is 1.30. The quantitative estimate of drug-likeness (QED) is 0.458. The molecule has 0 bridgehead atoms. The molecule has 9 heteroatoms. The van der Waals surface area contributed by atoms with Crippen molar-refractivity contribution in [3.05, 3.63) is 65.5 Å². The van der Waals surface area contributed by atoms with Crippen LogP contribution in [0.25, 0.3) is 0 Å². The second-order valence-corrected chi connectivity index (χ2v) is 8.09. The van der Waals surface area contributed by atoms with Crippen LogP contribution in [0.4, 0.5) is 5.69 Å². The van der Waals surface area contributed by atoms with Crippen LogP contribution in [0.1, 0.15) is 23.9 Å². The Morgan fingerprint density at radius 1 is 1.03 bits per heavy atom. The molecule has 0 aliphatic rings. The molecule has 3 aromatic rings. The summed E-state index contributed by atoms with van der Waals surface area (Å²) in [7, 11) is 1.62. The zero-order valence-electron chi connectivity index (χ0n) is 18.4. The standard InChI is InChI=1S/C23H27N5O3S/c1-4-28-20(13-21(29)25-18-9-5-16(2)6-10-18)26-27-23(28)32-15-22(30)24-14-17-7-11-19(31-3)12-8-17/h5-12H,4,13-15H2,1-3H3,(H,24,30)(H,25,29). The average molecular weight is 454 g/mol. The van der Waals surface area contributed by atoms with Crippen molar-refractivity contribution < 1.29 is 14.3 Å². The van der Waals surface area contributed by atoms with Gasteiger partial charge in [-0.1, -0.05) is 41.6 Å². The first kappa shape index (κ1) is 23.3. The number of rotatable bonds is 10. The van der Waals surface area contributed by atoms with Gasteiger partial charge in [-0.15, -0.1) is 10.2 Å². The second kappa shape index (κ2) is 11.3. The van der Waals surface area contributed by atoms with Crippen molar-refractivity contribution in [3.63, 3.8) is 0 Å². The Bertz CT molecular complexity index is 1050. The van der Waals surface area contributed by atoms with E-state index in [1.807, 2.05) is 66.9 Å². The van der Waals surface area contributed by atoms with Crippen LogP contribution in [0, 0.1) is 6.92 Å². The number of aromatic nitrogens is 3. The zero-order valence-corrected chi connectivity index (χ0v) is 19.2. The summed E-state index contributed by atoms with van der Waals surface area (Å²) in [5.74, 6) is 1.29. The highest BCUT2D eigenvalue weighted by Gasteiger charge is 2.16. The number of methoxy groups -OCH3 is 1. The molecule has 2 amide bonds. The van der Waals surface area contributed by atoms with Crippen molar-refractivity contribution in [3.8, 4) is 5.75 Å². The molecule has 1 heterocycles. The van der Waals surface area contributed by atoms with E-state index in [0.717, 1.165) is 22.6 Å². The van der Waals surface area contributed by atoms with E-state index in [1.54, 1.807) is 7.11 Å². The predicted octanol–water partition coefficient (Wildman–Crippen LogP) is 3.20. The average Bonchev–Trinajstić information content (AvgIpc) is 3.19. The summed E-state index contributed by atoms with van der Waals surface area (Å²) in [5.41, 5.74) is 2.86. The van der Waals surface area contributed by atoms with Gasteiger partial charge in [0.15, 0.2) is 5.16 Å². The molecule has 0 unspecified atom stereocenters. The number of thioether (sulfide) groups is 1. The highest BCUT2D eigenvalue weighted by atomic mass is 32.2. The lowest BCUT2D eigenvalue weighted by Crippen LogP contribution is -2.24. The van der Waals surface area contributed by atoms with Crippen molar-refractivity contribution in [2.45, 2.75) is 38.5 Å². The third-order valence-electron chi connectivity index (χ3n) is 4.74. The fourth-order valence-electron chi connectivity index (χ4n) is 2.99. The van der Waals surface area contributed by atoms with E-state index < -0.39 is 0 Å². The van der Waals surface area contributed by atoms with Gasteiger partial charge in [-0.2, -0.15) is 0 Å². The van der Waals surface area contributed by atoms with Crippen LogP contribution in [-0.4, -0.2) is 39.4 Å². The number of amides is 2. The molecule has 32 heavy (non-hydrogen) atoms. The fourth-order valence-corrected chi connectivity index (χ4v) is 3.84. The Morgan fingerprint density at radius 3 is 2.41 bits per heavy atom. The number of nitrogens with one attached hydrogen (secondary N) is 2. The number of hydrogen-bond donors (Lipinski definition) is 2. The zero-order chi connectivity index (χ0) is 22.9. The lowest BCUT2D eigenvalue weighted by atomic mass is 10.2. The maximum Gasteiger partial charge on any atom is 0.232 e. The van der Waals surface area contributed by atoms with Crippen LogP contribution in [0.5, 0.6) is 5.75 Å². The van der Waals surface area contributed by atoms with Gasteiger partial charge >= 0.3 is 0 Å². The van der Waals surface area contributed by atoms with Crippen LogP contribution in [0.2, 0.25) is 0 Å². The Kier molecular flexibility index (Phi) is 8.27. The maximum atomic E-state index is 12.4. The summed E-state index contributed by atoms with van der Waals surface area (Å²) in [5, 5.41) is 14.7. The summed E-state index contributed by atoms with van der Waals surface area (Å²) in [4.78, 5) is 24.6. The normalized spacial score (nSPS) is 10.6. The molecule has 3 rings (SSSR count). The summed E-state index contributed by atoms with van der Waals surface area (Å²) < 4.78 is 6.99. The summed E-state index contributed by atoms with van der Waals surface area (Å²) in [6.07, 6.45) is 0.110. The highest BCUT2D eigenvalue weighted by molar-refractivity contribution is 7.99. The lowest BCUT2D eigenvalue weighted by molar-refractivity contribution is -0.118. The third-order valence-corrected chi connectivity index (χ3v) is 5.71. The van der Waals surface area contributed by atoms with Crippen LogP contribution >= 0.6 is 11.8 Å². The molecular formula is C23H27N5O3S.